The summed E-state index contributed by atoms with van der Waals surface area (Å²) in [5, 5.41) is 8.19. The highest BCUT2D eigenvalue weighted by atomic mass is 16.6. The average Bonchev–Trinajstić information content (AvgIpc) is 3.60. The Kier molecular flexibility index (Phi) is 14.8. The Morgan fingerprint density at radius 3 is 1.81 bits per heavy atom. The number of esters is 3. The molecule has 1 aliphatic rings. The van der Waals surface area contributed by atoms with E-state index in [-0.39, 0.29) is 31.3 Å². The molecule has 32 heavy (non-hydrogen) atoms. The van der Waals surface area contributed by atoms with Crippen molar-refractivity contribution in [3.8, 4) is 0 Å². The molecule has 2 rings (SSSR count). The van der Waals surface area contributed by atoms with Gasteiger partial charge in [0.1, 0.15) is 25.9 Å². The first-order valence-corrected chi connectivity index (χ1v) is 9.82. The van der Waals surface area contributed by atoms with Crippen molar-refractivity contribution in [3.05, 3.63) is 72.4 Å². The number of carbonyl (C=O) groups is 3. The Bertz CT molecular complexity index is 778. The first kappa shape index (κ1) is 28.8. The molecule has 0 aromatic heterocycles. The molecule has 0 radical (unpaired) electrons. The Morgan fingerprint density at radius 2 is 1.38 bits per heavy atom. The third kappa shape index (κ3) is 15.6. The molecule has 0 bridgehead atoms. The zero-order valence-corrected chi connectivity index (χ0v) is 18.9. The van der Waals surface area contributed by atoms with Crippen molar-refractivity contribution >= 4 is 17.9 Å². The maximum absolute atomic E-state index is 11.0. The lowest BCUT2D eigenvalue weighted by Crippen LogP contribution is -2.09. The van der Waals surface area contributed by atoms with Crippen LogP contribution in [0.3, 0.4) is 0 Å². The van der Waals surface area contributed by atoms with Gasteiger partial charge in [-0.1, -0.05) is 50.1 Å². The van der Waals surface area contributed by atoms with Crippen molar-refractivity contribution in [2.75, 3.05) is 26.4 Å². The molecule has 1 aromatic carbocycles. The van der Waals surface area contributed by atoms with Gasteiger partial charge in [-0.25, -0.2) is 14.4 Å². The van der Waals surface area contributed by atoms with Gasteiger partial charge < -0.3 is 24.1 Å². The van der Waals surface area contributed by atoms with Crippen molar-refractivity contribution in [2.24, 2.45) is 0 Å². The molecule has 1 saturated heterocycles. The fraction of sp³-hybridized carbons (Fsp3) is 0.375. The second-order valence-electron chi connectivity index (χ2n) is 6.82. The van der Waals surface area contributed by atoms with Crippen molar-refractivity contribution in [2.45, 2.75) is 33.5 Å². The number of benzene rings is 1. The molecule has 1 atom stereocenters. The van der Waals surface area contributed by atoms with E-state index < -0.39 is 5.97 Å². The summed E-state index contributed by atoms with van der Waals surface area (Å²) in [4.78, 5) is 32.2. The summed E-state index contributed by atoms with van der Waals surface area (Å²) >= 11 is 0. The van der Waals surface area contributed by atoms with Crippen LogP contribution in [-0.2, 0) is 39.9 Å². The van der Waals surface area contributed by atoms with E-state index in [4.69, 9.17) is 19.3 Å². The number of epoxide rings is 1. The van der Waals surface area contributed by atoms with Gasteiger partial charge >= 0.3 is 17.9 Å². The van der Waals surface area contributed by atoms with Gasteiger partial charge in [0.25, 0.3) is 0 Å². The number of aliphatic hydroxyl groups is 1. The van der Waals surface area contributed by atoms with Gasteiger partial charge in [-0.15, -0.1) is 0 Å². The molecule has 1 aliphatic heterocycles. The van der Waals surface area contributed by atoms with Gasteiger partial charge in [-0.2, -0.15) is 0 Å². The maximum atomic E-state index is 11.0. The van der Waals surface area contributed by atoms with Crippen molar-refractivity contribution < 1.29 is 38.4 Å². The summed E-state index contributed by atoms with van der Waals surface area (Å²) in [6, 6.07) is 9.55. The van der Waals surface area contributed by atoms with Gasteiger partial charge in [-0.3, -0.25) is 0 Å². The molecule has 8 nitrogen and oxygen atoms in total. The minimum atomic E-state index is -0.455. The summed E-state index contributed by atoms with van der Waals surface area (Å²) in [6.07, 6.45) is 0.142. The van der Waals surface area contributed by atoms with Crippen LogP contribution in [0.5, 0.6) is 0 Å². The van der Waals surface area contributed by atoms with Gasteiger partial charge in [-0.05, 0) is 26.3 Å². The molecule has 1 N–H and O–H groups in total. The summed E-state index contributed by atoms with van der Waals surface area (Å²) in [5.74, 6) is -1.14. The number of aliphatic hydroxyl groups excluding tert-OH is 1. The Hall–Kier alpha value is -3.23. The minimum absolute atomic E-state index is 0.0473. The third-order valence-corrected chi connectivity index (χ3v) is 3.39. The highest BCUT2D eigenvalue weighted by Crippen LogP contribution is 2.09. The first-order valence-electron chi connectivity index (χ1n) is 9.82. The lowest BCUT2D eigenvalue weighted by atomic mass is 10.2. The second-order valence-corrected chi connectivity index (χ2v) is 6.82. The van der Waals surface area contributed by atoms with Crippen LogP contribution in [0.15, 0.2) is 66.8 Å². The monoisotopic (exact) mass is 448 g/mol. The SMILES string of the molecule is C=C(C)C(=O)OCC1CO1.C=C(C)C(=O)OCCO.C=C(C)C(=O)OCc1ccccc1. The van der Waals surface area contributed by atoms with Gasteiger partial charge in [0.05, 0.1) is 13.2 Å². The molecule has 0 spiro atoms. The number of hydrogen-bond donors (Lipinski definition) is 1. The molecule has 1 aromatic rings. The van der Waals surface area contributed by atoms with Crippen LogP contribution in [0.25, 0.3) is 0 Å². The topological polar surface area (TPSA) is 112 Å². The summed E-state index contributed by atoms with van der Waals surface area (Å²) in [6.45, 7) is 16.4. The number of hydrogen-bond acceptors (Lipinski definition) is 8. The molecule has 0 saturated carbocycles. The minimum Gasteiger partial charge on any atom is -0.460 e. The van der Waals surface area contributed by atoms with E-state index in [0.29, 0.717) is 36.5 Å². The Morgan fingerprint density at radius 1 is 0.906 bits per heavy atom. The second kappa shape index (κ2) is 16.5. The fourth-order valence-corrected chi connectivity index (χ4v) is 1.56. The third-order valence-electron chi connectivity index (χ3n) is 3.39. The lowest BCUT2D eigenvalue weighted by Gasteiger charge is -2.03. The van der Waals surface area contributed by atoms with Crippen LogP contribution < -0.4 is 0 Å². The maximum Gasteiger partial charge on any atom is 0.333 e. The Balaban J connectivity index is 0.000000461. The standard InChI is InChI=1S/C11H12O2.C7H10O3.C6H10O3/c1-9(2)11(12)13-8-10-6-4-3-5-7-10;1-5(2)7(8)10-4-6-3-9-6;1-5(2)6(8)9-4-3-7/h3-7H,1,8H2,2H3;6H,1,3-4H2,2H3;7H,1,3-4H2,2H3. The first-order chi connectivity index (χ1) is 15.1. The van der Waals surface area contributed by atoms with E-state index in [9.17, 15) is 14.4 Å². The molecule has 0 amide bonds. The summed E-state index contributed by atoms with van der Waals surface area (Å²) in [5.41, 5.74) is 2.19. The van der Waals surface area contributed by atoms with E-state index in [1.165, 1.54) is 0 Å². The highest BCUT2D eigenvalue weighted by molar-refractivity contribution is 5.87. The number of rotatable bonds is 9. The molecular formula is C24H32O8. The number of carbonyl (C=O) groups excluding carboxylic acids is 3. The van der Waals surface area contributed by atoms with E-state index >= 15 is 0 Å². The van der Waals surface area contributed by atoms with E-state index in [1.807, 2.05) is 30.3 Å². The largest absolute Gasteiger partial charge is 0.460 e. The zero-order chi connectivity index (χ0) is 24.5. The predicted octanol–water partition coefficient (Wildman–Crippen LogP) is 2.91. The summed E-state index contributed by atoms with van der Waals surface area (Å²) in [7, 11) is 0. The van der Waals surface area contributed by atoms with E-state index in [1.54, 1.807) is 20.8 Å². The Labute approximate surface area is 189 Å². The van der Waals surface area contributed by atoms with Crippen LogP contribution in [0.4, 0.5) is 0 Å². The van der Waals surface area contributed by atoms with Gasteiger partial charge in [0.15, 0.2) is 0 Å². The lowest BCUT2D eigenvalue weighted by molar-refractivity contribution is -0.140. The fourth-order valence-electron chi connectivity index (χ4n) is 1.56. The van der Waals surface area contributed by atoms with Crippen molar-refractivity contribution in [1.29, 1.82) is 0 Å². The molecule has 8 heteroatoms. The van der Waals surface area contributed by atoms with Gasteiger partial charge in [0, 0.05) is 16.7 Å². The number of ether oxygens (including phenoxy) is 4. The van der Waals surface area contributed by atoms with Crippen LogP contribution >= 0.6 is 0 Å². The summed E-state index contributed by atoms with van der Waals surface area (Å²) < 4.78 is 19.0. The normalized spacial score (nSPS) is 13.1. The predicted molar refractivity (Wildman–Crippen MR) is 119 cm³/mol. The molecule has 176 valence electrons. The van der Waals surface area contributed by atoms with Crippen LogP contribution in [0.1, 0.15) is 26.3 Å². The molecule has 1 unspecified atom stereocenters. The molecule has 1 fully saturated rings. The van der Waals surface area contributed by atoms with Crippen LogP contribution in [-0.4, -0.2) is 55.5 Å². The van der Waals surface area contributed by atoms with E-state index in [2.05, 4.69) is 24.5 Å². The van der Waals surface area contributed by atoms with Crippen LogP contribution in [0.2, 0.25) is 0 Å². The average molecular weight is 449 g/mol. The molecule has 0 aliphatic carbocycles. The molecular weight excluding hydrogens is 416 g/mol. The van der Waals surface area contributed by atoms with Gasteiger partial charge in [0.2, 0.25) is 0 Å². The van der Waals surface area contributed by atoms with Crippen molar-refractivity contribution in [3.63, 3.8) is 0 Å². The van der Waals surface area contributed by atoms with E-state index in [0.717, 1.165) is 5.56 Å². The highest BCUT2D eigenvalue weighted by Gasteiger charge is 2.24. The van der Waals surface area contributed by atoms with Crippen LogP contribution in [0, 0.1) is 0 Å². The zero-order valence-electron chi connectivity index (χ0n) is 18.9. The molecule has 1 heterocycles. The van der Waals surface area contributed by atoms with Crippen molar-refractivity contribution in [1.82, 2.24) is 0 Å². The quantitative estimate of drug-likeness (QED) is 0.266. The smallest absolute Gasteiger partial charge is 0.333 e.